The molecule has 0 aliphatic rings. The summed E-state index contributed by atoms with van der Waals surface area (Å²) >= 11 is 0. The van der Waals surface area contributed by atoms with Gasteiger partial charge in [-0.3, -0.25) is 9.59 Å². The lowest BCUT2D eigenvalue weighted by atomic mass is 10.1. The summed E-state index contributed by atoms with van der Waals surface area (Å²) in [5, 5.41) is 3.29. The number of ether oxygens (including phenoxy) is 2. The predicted molar refractivity (Wildman–Crippen MR) is 90.4 cm³/mol. The van der Waals surface area contributed by atoms with Crippen LogP contribution >= 0.6 is 0 Å². The zero-order valence-electron chi connectivity index (χ0n) is 13.7. The fourth-order valence-corrected chi connectivity index (χ4v) is 2.51. The number of benzene rings is 1. The third kappa shape index (κ3) is 3.64. The molecule has 0 atom stereocenters. The van der Waals surface area contributed by atoms with E-state index in [9.17, 15) is 9.59 Å². The number of aromatic nitrogens is 1. The third-order valence-corrected chi connectivity index (χ3v) is 3.65. The van der Waals surface area contributed by atoms with Crippen LogP contribution < -0.4 is 20.3 Å². The van der Waals surface area contributed by atoms with Crippen LogP contribution in [0.2, 0.25) is 0 Å². The van der Waals surface area contributed by atoms with Crippen LogP contribution in [0, 0.1) is 0 Å². The Morgan fingerprint density at radius 1 is 1.22 bits per heavy atom. The molecule has 1 aromatic heterocycles. The number of amides is 1. The Bertz CT molecular complexity index is 752. The van der Waals surface area contributed by atoms with Crippen molar-refractivity contribution >= 4 is 22.5 Å². The number of anilines is 1. The van der Waals surface area contributed by atoms with Gasteiger partial charge in [0, 0.05) is 6.42 Å². The van der Waals surface area contributed by atoms with Gasteiger partial charge in [-0.2, -0.15) is 0 Å². The van der Waals surface area contributed by atoms with Crippen LogP contribution in [-0.2, 0) is 4.79 Å². The molecule has 6 heteroatoms. The third-order valence-electron chi connectivity index (χ3n) is 3.65. The van der Waals surface area contributed by atoms with Crippen molar-refractivity contribution < 1.29 is 14.3 Å². The smallest absolute Gasteiger partial charge is 0.276 e. The first-order valence-electron chi connectivity index (χ1n) is 7.69. The number of H-pyrrole nitrogens is 1. The molecular weight excluding hydrogens is 296 g/mol. The number of nitrogens with one attached hydrogen (secondary N) is 2. The van der Waals surface area contributed by atoms with E-state index in [1.165, 1.54) is 7.11 Å². The van der Waals surface area contributed by atoms with Gasteiger partial charge in [0.05, 0.1) is 25.1 Å². The second-order valence-electron chi connectivity index (χ2n) is 5.25. The van der Waals surface area contributed by atoms with Gasteiger partial charge in [-0.25, -0.2) is 0 Å². The van der Waals surface area contributed by atoms with Gasteiger partial charge in [0.15, 0.2) is 11.4 Å². The minimum atomic E-state index is -0.397. The molecule has 0 fully saturated rings. The molecule has 0 bridgehead atoms. The molecule has 0 radical (unpaired) electrons. The van der Waals surface area contributed by atoms with E-state index in [0.717, 1.165) is 19.3 Å². The quantitative estimate of drug-likeness (QED) is 0.769. The molecule has 0 saturated heterocycles. The lowest BCUT2D eigenvalue weighted by Gasteiger charge is -2.14. The number of carbonyl (C=O) groups excluding carboxylic acids is 1. The molecule has 0 aliphatic carbocycles. The first kappa shape index (κ1) is 16.9. The fourth-order valence-electron chi connectivity index (χ4n) is 2.51. The Morgan fingerprint density at radius 2 is 2.00 bits per heavy atom. The molecule has 124 valence electrons. The van der Waals surface area contributed by atoms with Crippen LogP contribution in [0.25, 0.3) is 10.9 Å². The van der Waals surface area contributed by atoms with E-state index in [0.29, 0.717) is 28.8 Å². The number of hydrogen-bond acceptors (Lipinski definition) is 4. The molecule has 23 heavy (non-hydrogen) atoms. The zero-order valence-corrected chi connectivity index (χ0v) is 13.7. The van der Waals surface area contributed by atoms with Crippen molar-refractivity contribution in [2.45, 2.75) is 32.6 Å². The van der Waals surface area contributed by atoms with E-state index in [1.807, 2.05) is 0 Å². The topological polar surface area (TPSA) is 80.4 Å². The number of methoxy groups -OCH3 is 2. The Hall–Kier alpha value is -2.50. The highest BCUT2D eigenvalue weighted by molar-refractivity contribution is 6.00. The van der Waals surface area contributed by atoms with Crippen LogP contribution in [-0.4, -0.2) is 25.1 Å². The Balaban J connectivity index is 2.45. The van der Waals surface area contributed by atoms with E-state index < -0.39 is 5.56 Å². The van der Waals surface area contributed by atoms with Gasteiger partial charge in [0.25, 0.3) is 5.56 Å². The second-order valence-corrected chi connectivity index (χ2v) is 5.25. The SMILES string of the molecule is CCCCCC(=O)Nc1c(OC)c2c(OC)cccc2[nH]c1=O. The van der Waals surface area contributed by atoms with Crippen LogP contribution in [0.1, 0.15) is 32.6 Å². The summed E-state index contributed by atoms with van der Waals surface area (Å²) < 4.78 is 10.7. The number of pyridine rings is 1. The van der Waals surface area contributed by atoms with Crippen molar-refractivity contribution in [1.82, 2.24) is 4.98 Å². The summed E-state index contributed by atoms with van der Waals surface area (Å²) in [4.78, 5) is 27.1. The van der Waals surface area contributed by atoms with Crippen LogP contribution in [0.3, 0.4) is 0 Å². The highest BCUT2D eigenvalue weighted by atomic mass is 16.5. The standard InChI is InChI=1S/C17H22N2O4/c1-4-5-6-10-13(20)19-15-16(23-3)14-11(18-17(15)21)8-7-9-12(14)22-2/h7-9H,4-6,10H2,1-3H3,(H,18,21)(H,19,20). The van der Waals surface area contributed by atoms with Gasteiger partial charge in [-0.1, -0.05) is 25.8 Å². The van der Waals surface area contributed by atoms with E-state index in [-0.39, 0.29) is 11.6 Å². The largest absolute Gasteiger partial charge is 0.496 e. The lowest BCUT2D eigenvalue weighted by Crippen LogP contribution is -2.20. The number of fused-ring (bicyclic) bond motifs is 1. The zero-order chi connectivity index (χ0) is 16.8. The van der Waals surface area contributed by atoms with Crippen LogP contribution in [0.5, 0.6) is 11.5 Å². The van der Waals surface area contributed by atoms with Gasteiger partial charge in [0.2, 0.25) is 5.91 Å². The maximum absolute atomic E-state index is 12.3. The van der Waals surface area contributed by atoms with Gasteiger partial charge >= 0.3 is 0 Å². The molecule has 6 nitrogen and oxygen atoms in total. The average molecular weight is 318 g/mol. The molecule has 0 unspecified atom stereocenters. The van der Waals surface area contributed by atoms with Crippen molar-refractivity contribution in [1.29, 1.82) is 0 Å². The van der Waals surface area contributed by atoms with Crippen molar-refractivity contribution in [3.05, 3.63) is 28.6 Å². The Morgan fingerprint density at radius 3 is 2.65 bits per heavy atom. The van der Waals surface area contributed by atoms with Crippen molar-refractivity contribution in [3.8, 4) is 11.5 Å². The molecule has 2 rings (SSSR count). The fraction of sp³-hybridized carbons (Fsp3) is 0.412. The van der Waals surface area contributed by atoms with E-state index in [2.05, 4.69) is 17.2 Å². The van der Waals surface area contributed by atoms with Crippen molar-refractivity contribution in [2.24, 2.45) is 0 Å². The normalized spacial score (nSPS) is 10.6. The number of hydrogen-bond donors (Lipinski definition) is 2. The highest BCUT2D eigenvalue weighted by Gasteiger charge is 2.18. The lowest BCUT2D eigenvalue weighted by molar-refractivity contribution is -0.116. The highest BCUT2D eigenvalue weighted by Crippen LogP contribution is 2.36. The molecule has 0 aliphatic heterocycles. The number of carbonyl (C=O) groups is 1. The first-order valence-corrected chi connectivity index (χ1v) is 7.69. The maximum Gasteiger partial charge on any atom is 0.276 e. The molecule has 1 aromatic carbocycles. The molecule has 1 amide bonds. The van der Waals surface area contributed by atoms with Gasteiger partial charge in [0.1, 0.15) is 5.75 Å². The number of rotatable bonds is 7. The van der Waals surface area contributed by atoms with Crippen LogP contribution in [0.4, 0.5) is 5.69 Å². The van der Waals surface area contributed by atoms with Crippen LogP contribution in [0.15, 0.2) is 23.0 Å². The summed E-state index contributed by atoms with van der Waals surface area (Å²) in [6.07, 6.45) is 3.18. The number of unbranched alkanes of at least 4 members (excludes halogenated alkanes) is 2. The summed E-state index contributed by atoms with van der Waals surface area (Å²) in [5.41, 5.74) is 0.313. The summed E-state index contributed by atoms with van der Waals surface area (Å²) in [7, 11) is 3.01. The second kappa shape index (κ2) is 7.67. The first-order chi connectivity index (χ1) is 11.1. The van der Waals surface area contributed by atoms with Gasteiger partial charge in [-0.05, 0) is 18.6 Å². The molecular formula is C17H22N2O4. The molecule has 0 saturated carbocycles. The molecule has 0 spiro atoms. The Kier molecular flexibility index (Phi) is 5.62. The minimum absolute atomic E-state index is 0.117. The van der Waals surface area contributed by atoms with Crippen molar-refractivity contribution in [2.75, 3.05) is 19.5 Å². The summed E-state index contributed by atoms with van der Waals surface area (Å²) in [6.45, 7) is 2.07. The maximum atomic E-state index is 12.3. The number of aromatic amines is 1. The van der Waals surface area contributed by atoms with E-state index >= 15 is 0 Å². The predicted octanol–water partition coefficient (Wildman–Crippen LogP) is 3.06. The summed E-state index contributed by atoms with van der Waals surface area (Å²) in [5.74, 6) is 0.679. The minimum Gasteiger partial charge on any atom is -0.496 e. The van der Waals surface area contributed by atoms with Crippen molar-refractivity contribution in [3.63, 3.8) is 0 Å². The molecule has 1 heterocycles. The Labute approximate surface area is 134 Å². The summed E-state index contributed by atoms with van der Waals surface area (Å²) in [6, 6.07) is 5.31. The monoisotopic (exact) mass is 318 g/mol. The molecule has 2 N–H and O–H groups in total. The average Bonchev–Trinajstić information content (AvgIpc) is 2.55. The van der Waals surface area contributed by atoms with Gasteiger partial charge in [-0.15, -0.1) is 0 Å². The van der Waals surface area contributed by atoms with Gasteiger partial charge < -0.3 is 19.8 Å². The molecule has 2 aromatic rings. The van der Waals surface area contributed by atoms with E-state index in [4.69, 9.17) is 9.47 Å². The van der Waals surface area contributed by atoms with E-state index in [1.54, 1.807) is 25.3 Å².